The van der Waals surface area contributed by atoms with Gasteiger partial charge in [-0.05, 0) is 54.4 Å². The van der Waals surface area contributed by atoms with Crippen molar-refractivity contribution in [1.29, 1.82) is 0 Å². The molecular formula is C22H21FN4O2. The molecule has 2 N–H and O–H groups in total. The van der Waals surface area contributed by atoms with E-state index in [-0.39, 0.29) is 17.6 Å². The van der Waals surface area contributed by atoms with Crippen LogP contribution >= 0.6 is 0 Å². The Hall–Kier alpha value is -3.61. The zero-order valence-electron chi connectivity index (χ0n) is 15.9. The summed E-state index contributed by atoms with van der Waals surface area (Å²) in [5.74, 6) is 0.189. The Labute approximate surface area is 167 Å². The van der Waals surface area contributed by atoms with Gasteiger partial charge in [0.05, 0.1) is 12.0 Å². The number of benzene rings is 1. The fourth-order valence-electron chi connectivity index (χ4n) is 3.38. The standard InChI is InChI=1S/C22H21FN4O2/c1-27-12-2-4-20(27)18-14-19(26-25-18)22(28)24-11-10-17(21-5-3-13-29-21)15-6-8-16(23)9-7-15/h2-9,12-14,17H,10-11H2,1H3,(H,24,28)(H,25,26). The summed E-state index contributed by atoms with van der Waals surface area (Å²) in [5, 5.41) is 9.93. The number of amides is 1. The number of hydrogen-bond acceptors (Lipinski definition) is 3. The van der Waals surface area contributed by atoms with E-state index in [1.165, 1.54) is 12.1 Å². The number of nitrogens with zero attached hydrogens (tertiary/aromatic N) is 2. The van der Waals surface area contributed by atoms with E-state index in [0.29, 0.717) is 24.4 Å². The highest BCUT2D eigenvalue weighted by Gasteiger charge is 2.18. The van der Waals surface area contributed by atoms with Gasteiger partial charge in [-0.1, -0.05) is 12.1 Å². The highest BCUT2D eigenvalue weighted by molar-refractivity contribution is 5.93. The number of H-pyrrole nitrogens is 1. The van der Waals surface area contributed by atoms with Crippen LogP contribution in [0.3, 0.4) is 0 Å². The van der Waals surface area contributed by atoms with Gasteiger partial charge in [0.2, 0.25) is 0 Å². The molecule has 4 rings (SSSR count). The van der Waals surface area contributed by atoms with Crippen LogP contribution < -0.4 is 5.32 Å². The van der Waals surface area contributed by atoms with E-state index in [9.17, 15) is 9.18 Å². The highest BCUT2D eigenvalue weighted by atomic mass is 19.1. The molecule has 0 saturated carbocycles. The Balaban J connectivity index is 1.41. The molecule has 0 fully saturated rings. The second-order valence-electron chi connectivity index (χ2n) is 6.84. The molecule has 0 radical (unpaired) electrons. The molecule has 0 aliphatic heterocycles. The molecular weight excluding hydrogens is 371 g/mol. The number of halogens is 1. The quantitative estimate of drug-likeness (QED) is 0.497. The molecule has 4 aromatic rings. The Morgan fingerprint density at radius 2 is 2.07 bits per heavy atom. The van der Waals surface area contributed by atoms with Crippen molar-refractivity contribution in [3.05, 3.63) is 89.9 Å². The van der Waals surface area contributed by atoms with E-state index >= 15 is 0 Å². The maximum atomic E-state index is 13.3. The van der Waals surface area contributed by atoms with Gasteiger partial charge < -0.3 is 14.3 Å². The highest BCUT2D eigenvalue weighted by Crippen LogP contribution is 2.28. The van der Waals surface area contributed by atoms with Crippen molar-refractivity contribution in [1.82, 2.24) is 20.1 Å². The fraction of sp³-hybridized carbons (Fsp3) is 0.182. The molecule has 7 heteroatoms. The second kappa shape index (κ2) is 8.18. The molecule has 0 aliphatic rings. The Morgan fingerprint density at radius 3 is 2.76 bits per heavy atom. The lowest BCUT2D eigenvalue weighted by molar-refractivity contribution is 0.0947. The number of carbonyl (C=O) groups excluding carboxylic acids is 1. The van der Waals surface area contributed by atoms with Crippen molar-refractivity contribution in [3.63, 3.8) is 0 Å². The maximum Gasteiger partial charge on any atom is 0.269 e. The lowest BCUT2D eigenvalue weighted by Crippen LogP contribution is -2.26. The molecule has 0 spiro atoms. The van der Waals surface area contributed by atoms with Crippen molar-refractivity contribution in [2.75, 3.05) is 6.54 Å². The molecule has 148 valence electrons. The van der Waals surface area contributed by atoms with Gasteiger partial charge in [-0.3, -0.25) is 9.89 Å². The summed E-state index contributed by atoms with van der Waals surface area (Å²) in [4.78, 5) is 12.5. The average molecular weight is 392 g/mol. The largest absolute Gasteiger partial charge is 0.469 e. The van der Waals surface area contributed by atoms with Crippen LogP contribution in [0.5, 0.6) is 0 Å². The topological polar surface area (TPSA) is 75.8 Å². The SMILES string of the molecule is Cn1cccc1-c1cc(C(=O)NCCC(c2ccc(F)cc2)c2ccco2)[nH]n1. The molecule has 0 bridgehead atoms. The van der Waals surface area contributed by atoms with Gasteiger partial charge in [-0.25, -0.2) is 4.39 Å². The van der Waals surface area contributed by atoms with Crippen LogP contribution in [0, 0.1) is 5.82 Å². The minimum Gasteiger partial charge on any atom is -0.469 e. The van der Waals surface area contributed by atoms with E-state index in [0.717, 1.165) is 17.0 Å². The number of aromatic nitrogens is 3. The normalized spacial score (nSPS) is 12.1. The van der Waals surface area contributed by atoms with Crippen molar-refractivity contribution >= 4 is 5.91 Å². The molecule has 1 atom stereocenters. The zero-order valence-corrected chi connectivity index (χ0v) is 15.9. The molecule has 1 amide bonds. The number of aryl methyl sites for hydroxylation is 1. The predicted octanol–water partition coefficient (Wildman–Crippen LogP) is 4.10. The van der Waals surface area contributed by atoms with Gasteiger partial charge in [-0.15, -0.1) is 0 Å². The summed E-state index contributed by atoms with van der Waals surface area (Å²) in [6, 6.07) is 15.6. The van der Waals surface area contributed by atoms with Gasteiger partial charge in [0.1, 0.15) is 23.0 Å². The van der Waals surface area contributed by atoms with Gasteiger partial charge in [0, 0.05) is 25.7 Å². The van der Waals surface area contributed by atoms with Crippen molar-refractivity contribution in [3.8, 4) is 11.4 Å². The number of carbonyl (C=O) groups is 1. The lowest BCUT2D eigenvalue weighted by atomic mass is 9.93. The molecule has 3 aromatic heterocycles. The van der Waals surface area contributed by atoms with Crippen molar-refractivity contribution < 1.29 is 13.6 Å². The van der Waals surface area contributed by atoms with Gasteiger partial charge >= 0.3 is 0 Å². The van der Waals surface area contributed by atoms with E-state index in [4.69, 9.17) is 4.42 Å². The van der Waals surface area contributed by atoms with Crippen LogP contribution in [-0.2, 0) is 7.05 Å². The summed E-state index contributed by atoms with van der Waals surface area (Å²) in [6.45, 7) is 0.431. The Morgan fingerprint density at radius 1 is 1.24 bits per heavy atom. The van der Waals surface area contributed by atoms with E-state index in [1.807, 2.05) is 42.1 Å². The number of aromatic amines is 1. The van der Waals surface area contributed by atoms with Crippen LogP contribution in [0.4, 0.5) is 4.39 Å². The van der Waals surface area contributed by atoms with Gasteiger partial charge in [-0.2, -0.15) is 5.10 Å². The van der Waals surface area contributed by atoms with Crippen LogP contribution in [0.15, 0.2) is 71.5 Å². The van der Waals surface area contributed by atoms with Crippen LogP contribution in [0.25, 0.3) is 11.4 Å². The third kappa shape index (κ3) is 4.13. The van der Waals surface area contributed by atoms with E-state index in [1.54, 1.807) is 24.5 Å². The number of nitrogens with one attached hydrogen (secondary N) is 2. The van der Waals surface area contributed by atoms with Crippen LogP contribution in [0.1, 0.15) is 34.2 Å². The Bertz CT molecular complexity index is 1080. The molecule has 1 aromatic carbocycles. The van der Waals surface area contributed by atoms with Crippen LogP contribution in [0.2, 0.25) is 0 Å². The van der Waals surface area contributed by atoms with E-state index in [2.05, 4.69) is 15.5 Å². The molecule has 1 unspecified atom stereocenters. The second-order valence-corrected chi connectivity index (χ2v) is 6.84. The zero-order chi connectivity index (χ0) is 20.2. The third-order valence-electron chi connectivity index (χ3n) is 4.91. The Kier molecular flexibility index (Phi) is 5.29. The summed E-state index contributed by atoms with van der Waals surface area (Å²) in [6.07, 6.45) is 4.15. The van der Waals surface area contributed by atoms with Gasteiger partial charge in [0.15, 0.2) is 0 Å². The molecule has 6 nitrogen and oxygen atoms in total. The predicted molar refractivity (Wildman–Crippen MR) is 107 cm³/mol. The third-order valence-corrected chi connectivity index (χ3v) is 4.91. The first-order chi connectivity index (χ1) is 14.1. The first-order valence-corrected chi connectivity index (χ1v) is 9.36. The summed E-state index contributed by atoms with van der Waals surface area (Å²) in [7, 11) is 1.92. The summed E-state index contributed by atoms with van der Waals surface area (Å²) in [5.41, 5.74) is 2.97. The first-order valence-electron chi connectivity index (χ1n) is 9.36. The fourth-order valence-corrected chi connectivity index (χ4v) is 3.38. The molecule has 0 saturated heterocycles. The van der Waals surface area contributed by atoms with Crippen LogP contribution in [-0.4, -0.2) is 27.2 Å². The van der Waals surface area contributed by atoms with E-state index < -0.39 is 0 Å². The number of furan rings is 1. The maximum absolute atomic E-state index is 13.3. The first kappa shape index (κ1) is 18.7. The minimum absolute atomic E-state index is 0.0772. The number of hydrogen-bond donors (Lipinski definition) is 2. The number of rotatable bonds is 7. The lowest BCUT2D eigenvalue weighted by Gasteiger charge is -2.15. The smallest absolute Gasteiger partial charge is 0.269 e. The molecule has 29 heavy (non-hydrogen) atoms. The van der Waals surface area contributed by atoms with Crippen molar-refractivity contribution in [2.24, 2.45) is 7.05 Å². The van der Waals surface area contributed by atoms with Gasteiger partial charge in [0.25, 0.3) is 5.91 Å². The van der Waals surface area contributed by atoms with Crippen molar-refractivity contribution in [2.45, 2.75) is 12.3 Å². The average Bonchev–Trinajstić information content (AvgIpc) is 3.47. The monoisotopic (exact) mass is 392 g/mol. The molecule has 0 aliphatic carbocycles. The minimum atomic E-state index is -0.284. The summed E-state index contributed by atoms with van der Waals surface area (Å²) >= 11 is 0. The molecule has 3 heterocycles. The summed E-state index contributed by atoms with van der Waals surface area (Å²) < 4.78 is 20.8.